The first-order valence-corrected chi connectivity index (χ1v) is 3.62. The fourth-order valence-electron chi connectivity index (χ4n) is 0.766. The van der Waals surface area contributed by atoms with Gasteiger partial charge in [0.25, 0.3) is 0 Å². The zero-order chi connectivity index (χ0) is 8.27. The first kappa shape index (κ1) is 8.20. The molecule has 62 valence electrons. The lowest BCUT2D eigenvalue weighted by Gasteiger charge is -2.05. The molecule has 0 saturated carbocycles. The van der Waals surface area contributed by atoms with E-state index >= 15 is 0 Å². The van der Waals surface area contributed by atoms with Gasteiger partial charge in [-0.2, -0.15) is 4.98 Å². The number of aromatic nitrogens is 2. The molecule has 11 heavy (non-hydrogen) atoms. The van der Waals surface area contributed by atoms with E-state index < -0.39 is 0 Å². The lowest BCUT2D eigenvalue weighted by atomic mass is 10.4. The fraction of sp³-hybridized carbons (Fsp3) is 0.714. The molecule has 1 rings (SSSR count). The van der Waals surface area contributed by atoms with Crippen LogP contribution in [0, 0.1) is 6.92 Å². The second kappa shape index (κ2) is 3.48. The van der Waals surface area contributed by atoms with Crippen LogP contribution in [0.1, 0.15) is 11.7 Å². The summed E-state index contributed by atoms with van der Waals surface area (Å²) in [5.74, 6) is 1.43. The molecule has 0 fully saturated rings. The highest BCUT2D eigenvalue weighted by Gasteiger charge is 2.01. The normalized spacial score (nSPS) is 10.9. The lowest BCUT2D eigenvalue weighted by Crippen LogP contribution is -2.15. The molecule has 0 unspecified atom stereocenters. The maximum absolute atomic E-state index is 4.82. The number of hydrogen-bond donors (Lipinski definition) is 0. The van der Waals surface area contributed by atoms with Crippen LogP contribution >= 0.6 is 0 Å². The maximum atomic E-state index is 4.82. The minimum absolute atomic E-state index is 0.638. The molecule has 0 N–H and O–H groups in total. The van der Waals surface area contributed by atoms with Gasteiger partial charge in [0.15, 0.2) is 5.82 Å². The summed E-state index contributed by atoms with van der Waals surface area (Å²) >= 11 is 0. The van der Waals surface area contributed by atoms with E-state index in [1.54, 1.807) is 6.92 Å². The van der Waals surface area contributed by atoms with Crippen LogP contribution in [0.5, 0.6) is 0 Å². The van der Waals surface area contributed by atoms with E-state index in [-0.39, 0.29) is 0 Å². The molecule has 0 atom stereocenters. The third kappa shape index (κ3) is 2.67. The summed E-state index contributed by atoms with van der Waals surface area (Å²) in [5, 5.41) is 3.77. The van der Waals surface area contributed by atoms with Gasteiger partial charge in [0.2, 0.25) is 5.89 Å². The molecule has 0 amide bonds. The van der Waals surface area contributed by atoms with Crippen molar-refractivity contribution < 1.29 is 4.52 Å². The van der Waals surface area contributed by atoms with E-state index in [1.807, 2.05) is 14.1 Å². The minimum Gasteiger partial charge on any atom is -0.340 e. The Morgan fingerprint density at radius 3 is 2.64 bits per heavy atom. The molecule has 0 saturated heterocycles. The highest BCUT2D eigenvalue weighted by Crippen LogP contribution is 1.95. The Morgan fingerprint density at radius 1 is 1.45 bits per heavy atom. The molecule has 4 nitrogen and oxygen atoms in total. The first-order chi connectivity index (χ1) is 5.18. The topological polar surface area (TPSA) is 42.2 Å². The van der Waals surface area contributed by atoms with Crippen LogP contribution in [0.2, 0.25) is 0 Å². The van der Waals surface area contributed by atoms with E-state index in [1.165, 1.54) is 0 Å². The Balaban J connectivity index is 2.39. The number of rotatable bonds is 3. The van der Waals surface area contributed by atoms with E-state index in [0.717, 1.165) is 18.8 Å². The Labute approximate surface area is 66.2 Å². The molecule has 0 radical (unpaired) electrons. The molecule has 4 heteroatoms. The molecular weight excluding hydrogens is 142 g/mol. The minimum atomic E-state index is 0.638. The van der Waals surface area contributed by atoms with Gasteiger partial charge in [-0.15, -0.1) is 0 Å². The zero-order valence-electron chi connectivity index (χ0n) is 7.16. The predicted octanol–water partition coefficient (Wildman–Crippen LogP) is 0.482. The van der Waals surface area contributed by atoms with Gasteiger partial charge in [0, 0.05) is 19.9 Å². The van der Waals surface area contributed by atoms with Crippen LogP contribution in [-0.2, 0) is 6.42 Å². The number of likely N-dealkylation sites (N-methyl/N-ethyl adjacent to an activating group) is 1. The average molecular weight is 155 g/mol. The van der Waals surface area contributed by atoms with Gasteiger partial charge in [-0.1, -0.05) is 5.16 Å². The van der Waals surface area contributed by atoms with Crippen molar-refractivity contribution in [2.24, 2.45) is 0 Å². The SMILES string of the molecule is Cc1nc(CCN(C)C)no1. The van der Waals surface area contributed by atoms with Crippen molar-refractivity contribution in [3.8, 4) is 0 Å². The molecule has 0 bridgehead atoms. The second-order valence-electron chi connectivity index (χ2n) is 2.78. The highest BCUT2D eigenvalue weighted by atomic mass is 16.5. The van der Waals surface area contributed by atoms with Gasteiger partial charge in [0.05, 0.1) is 0 Å². The van der Waals surface area contributed by atoms with Crippen LogP contribution in [0.3, 0.4) is 0 Å². The predicted molar refractivity (Wildman–Crippen MR) is 41.3 cm³/mol. The maximum Gasteiger partial charge on any atom is 0.223 e. The van der Waals surface area contributed by atoms with Gasteiger partial charge in [-0.3, -0.25) is 0 Å². The molecule has 0 aliphatic rings. The van der Waals surface area contributed by atoms with Gasteiger partial charge in [0.1, 0.15) is 0 Å². The van der Waals surface area contributed by atoms with Crippen LogP contribution in [0.25, 0.3) is 0 Å². The van der Waals surface area contributed by atoms with Gasteiger partial charge < -0.3 is 9.42 Å². The molecule has 0 aromatic carbocycles. The molecule has 1 heterocycles. The van der Waals surface area contributed by atoms with Crippen molar-refractivity contribution in [1.29, 1.82) is 0 Å². The highest BCUT2D eigenvalue weighted by molar-refractivity contribution is 4.84. The Hall–Kier alpha value is -0.900. The fourth-order valence-corrected chi connectivity index (χ4v) is 0.766. The summed E-state index contributed by atoms with van der Waals surface area (Å²) in [6, 6.07) is 0. The van der Waals surface area contributed by atoms with Crippen LogP contribution in [-0.4, -0.2) is 35.7 Å². The molecule has 0 aliphatic heterocycles. The van der Waals surface area contributed by atoms with E-state index in [2.05, 4.69) is 15.0 Å². The van der Waals surface area contributed by atoms with Crippen LogP contribution in [0.15, 0.2) is 4.52 Å². The van der Waals surface area contributed by atoms with Gasteiger partial charge >= 0.3 is 0 Å². The summed E-state index contributed by atoms with van der Waals surface area (Å²) in [7, 11) is 4.04. The van der Waals surface area contributed by atoms with Crippen molar-refractivity contribution in [1.82, 2.24) is 15.0 Å². The molecule has 1 aromatic rings. The van der Waals surface area contributed by atoms with Gasteiger partial charge in [-0.25, -0.2) is 0 Å². The third-order valence-corrected chi connectivity index (χ3v) is 1.35. The van der Waals surface area contributed by atoms with Crippen molar-refractivity contribution in [3.63, 3.8) is 0 Å². The smallest absolute Gasteiger partial charge is 0.223 e. The zero-order valence-corrected chi connectivity index (χ0v) is 7.16. The van der Waals surface area contributed by atoms with E-state index in [9.17, 15) is 0 Å². The van der Waals surface area contributed by atoms with Crippen molar-refractivity contribution in [3.05, 3.63) is 11.7 Å². The number of hydrogen-bond acceptors (Lipinski definition) is 4. The first-order valence-electron chi connectivity index (χ1n) is 3.62. The van der Waals surface area contributed by atoms with Crippen molar-refractivity contribution in [2.75, 3.05) is 20.6 Å². The average Bonchev–Trinajstić information content (AvgIpc) is 2.31. The molecule has 0 spiro atoms. The third-order valence-electron chi connectivity index (χ3n) is 1.35. The van der Waals surface area contributed by atoms with E-state index in [4.69, 9.17) is 4.52 Å². The molecule has 1 aromatic heterocycles. The van der Waals surface area contributed by atoms with Crippen LogP contribution < -0.4 is 0 Å². The Morgan fingerprint density at radius 2 is 2.18 bits per heavy atom. The Bertz CT molecular complexity index is 219. The summed E-state index contributed by atoms with van der Waals surface area (Å²) in [6.45, 7) is 2.76. The Kier molecular flexibility index (Phi) is 2.59. The largest absolute Gasteiger partial charge is 0.340 e. The number of aryl methyl sites for hydroxylation is 1. The van der Waals surface area contributed by atoms with Crippen molar-refractivity contribution >= 4 is 0 Å². The number of nitrogens with zero attached hydrogens (tertiary/aromatic N) is 3. The van der Waals surface area contributed by atoms with Crippen molar-refractivity contribution in [2.45, 2.75) is 13.3 Å². The summed E-state index contributed by atoms with van der Waals surface area (Å²) in [4.78, 5) is 6.17. The lowest BCUT2D eigenvalue weighted by molar-refractivity contribution is 0.376. The second-order valence-corrected chi connectivity index (χ2v) is 2.78. The van der Waals surface area contributed by atoms with Gasteiger partial charge in [-0.05, 0) is 14.1 Å². The monoisotopic (exact) mass is 155 g/mol. The summed E-state index contributed by atoms with van der Waals surface area (Å²) in [5.41, 5.74) is 0. The summed E-state index contributed by atoms with van der Waals surface area (Å²) in [6.07, 6.45) is 0.852. The quantitative estimate of drug-likeness (QED) is 0.636. The van der Waals surface area contributed by atoms with Crippen LogP contribution in [0.4, 0.5) is 0 Å². The molecule has 0 aliphatic carbocycles. The standard InChI is InChI=1S/C7H13N3O/c1-6-8-7(9-11-6)4-5-10(2)3/h4-5H2,1-3H3. The molecular formula is C7H13N3O. The van der Waals surface area contributed by atoms with E-state index in [0.29, 0.717) is 5.89 Å². The summed E-state index contributed by atoms with van der Waals surface area (Å²) < 4.78 is 4.82.